The fraction of sp³-hybridized carbons (Fsp3) is 0.200. The summed E-state index contributed by atoms with van der Waals surface area (Å²) in [5, 5.41) is 17.2. The normalized spacial score (nSPS) is 10.0. The van der Waals surface area contributed by atoms with Crippen molar-refractivity contribution in [3.8, 4) is 5.75 Å². The standard InChI is InChI=1S/C15H17N5O3/c1-4-7-16-14-13(20(21)22)15(18-9-17-14)19-11-8-10(2)5-6-12(11)23-3/h4-6,8-9H,1,7H2,2-3H3,(H2,16,17,18,19). The van der Waals surface area contributed by atoms with Crippen LogP contribution in [0.4, 0.5) is 23.0 Å². The number of rotatable bonds is 7. The molecule has 0 amide bonds. The zero-order chi connectivity index (χ0) is 16.8. The minimum Gasteiger partial charge on any atom is -0.495 e. The highest BCUT2D eigenvalue weighted by atomic mass is 16.6. The summed E-state index contributed by atoms with van der Waals surface area (Å²) in [6.45, 7) is 5.83. The van der Waals surface area contributed by atoms with Crippen LogP contribution in [0.5, 0.6) is 5.75 Å². The first-order valence-corrected chi connectivity index (χ1v) is 6.82. The van der Waals surface area contributed by atoms with E-state index in [0.717, 1.165) is 5.56 Å². The zero-order valence-corrected chi connectivity index (χ0v) is 12.9. The van der Waals surface area contributed by atoms with Gasteiger partial charge in [0.05, 0.1) is 17.7 Å². The van der Waals surface area contributed by atoms with E-state index in [4.69, 9.17) is 4.74 Å². The van der Waals surface area contributed by atoms with Gasteiger partial charge in [0.1, 0.15) is 12.1 Å². The average molecular weight is 315 g/mol. The molecule has 1 aromatic carbocycles. The van der Waals surface area contributed by atoms with E-state index in [1.165, 1.54) is 13.4 Å². The molecule has 0 fully saturated rings. The second kappa shape index (κ2) is 7.21. The van der Waals surface area contributed by atoms with Crippen LogP contribution in [-0.2, 0) is 0 Å². The molecule has 0 spiro atoms. The molecule has 8 nitrogen and oxygen atoms in total. The Morgan fingerprint density at radius 1 is 1.39 bits per heavy atom. The van der Waals surface area contributed by atoms with Crippen molar-refractivity contribution in [2.45, 2.75) is 6.92 Å². The highest BCUT2D eigenvalue weighted by Crippen LogP contribution is 2.34. The maximum absolute atomic E-state index is 11.4. The highest BCUT2D eigenvalue weighted by Gasteiger charge is 2.23. The van der Waals surface area contributed by atoms with Gasteiger partial charge < -0.3 is 15.4 Å². The van der Waals surface area contributed by atoms with Crippen LogP contribution in [0.3, 0.4) is 0 Å². The van der Waals surface area contributed by atoms with E-state index in [1.807, 2.05) is 19.1 Å². The Hall–Kier alpha value is -3.16. The Kier molecular flexibility index (Phi) is 5.08. The fourth-order valence-electron chi connectivity index (χ4n) is 1.99. The number of nitro groups is 1. The maximum Gasteiger partial charge on any atom is 0.353 e. The third-order valence-corrected chi connectivity index (χ3v) is 3.03. The summed E-state index contributed by atoms with van der Waals surface area (Å²) in [5.41, 5.74) is 1.33. The molecule has 0 radical (unpaired) electrons. The van der Waals surface area contributed by atoms with Crippen molar-refractivity contribution in [2.75, 3.05) is 24.3 Å². The number of nitrogens with one attached hydrogen (secondary N) is 2. The summed E-state index contributed by atoms with van der Waals surface area (Å²) in [6, 6.07) is 5.48. The Morgan fingerprint density at radius 3 is 2.78 bits per heavy atom. The monoisotopic (exact) mass is 315 g/mol. The molecule has 2 aromatic rings. The molecule has 0 aliphatic rings. The van der Waals surface area contributed by atoms with Gasteiger partial charge in [0.25, 0.3) is 0 Å². The molecule has 0 saturated carbocycles. The lowest BCUT2D eigenvalue weighted by molar-refractivity contribution is -0.383. The molecule has 0 bridgehead atoms. The molecule has 1 aromatic heterocycles. The van der Waals surface area contributed by atoms with Gasteiger partial charge in [-0.15, -0.1) is 6.58 Å². The number of methoxy groups -OCH3 is 1. The highest BCUT2D eigenvalue weighted by molar-refractivity contribution is 5.76. The molecule has 2 rings (SSSR count). The van der Waals surface area contributed by atoms with Crippen molar-refractivity contribution in [1.29, 1.82) is 0 Å². The largest absolute Gasteiger partial charge is 0.495 e. The van der Waals surface area contributed by atoms with E-state index in [9.17, 15) is 10.1 Å². The van der Waals surface area contributed by atoms with Crippen molar-refractivity contribution >= 4 is 23.0 Å². The molecule has 0 aliphatic heterocycles. The lowest BCUT2D eigenvalue weighted by Gasteiger charge is -2.12. The summed E-state index contributed by atoms with van der Waals surface area (Å²) in [5.74, 6) is 0.767. The quantitative estimate of drug-likeness (QED) is 0.460. The van der Waals surface area contributed by atoms with Gasteiger partial charge in [-0.3, -0.25) is 10.1 Å². The van der Waals surface area contributed by atoms with Crippen LogP contribution in [0.1, 0.15) is 5.56 Å². The van der Waals surface area contributed by atoms with Crippen molar-refractivity contribution < 1.29 is 9.66 Å². The Morgan fingerprint density at radius 2 is 2.13 bits per heavy atom. The van der Waals surface area contributed by atoms with Gasteiger partial charge in [0.15, 0.2) is 0 Å². The third-order valence-electron chi connectivity index (χ3n) is 3.03. The van der Waals surface area contributed by atoms with Gasteiger partial charge >= 0.3 is 5.69 Å². The number of ether oxygens (including phenoxy) is 1. The Balaban J connectivity index is 2.45. The van der Waals surface area contributed by atoms with Crippen LogP contribution in [0.2, 0.25) is 0 Å². The number of hydrogen-bond donors (Lipinski definition) is 2. The predicted octanol–water partition coefficient (Wildman–Crippen LogP) is 3.04. The first-order chi connectivity index (χ1) is 11.1. The maximum atomic E-state index is 11.4. The molecule has 8 heteroatoms. The molecular formula is C15H17N5O3. The third kappa shape index (κ3) is 3.73. The average Bonchev–Trinajstić information content (AvgIpc) is 2.53. The molecular weight excluding hydrogens is 298 g/mol. The van der Waals surface area contributed by atoms with E-state index in [0.29, 0.717) is 18.0 Å². The minimum atomic E-state index is -0.532. The van der Waals surface area contributed by atoms with Crippen LogP contribution >= 0.6 is 0 Å². The SMILES string of the molecule is C=CCNc1ncnc(Nc2cc(C)ccc2OC)c1[N+](=O)[O-]. The second-order valence-electron chi connectivity index (χ2n) is 4.67. The number of aromatic nitrogens is 2. The van der Waals surface area contributed by atoms with Crippen LogP contribution in [0, 0.1) is 17.0 Å². The number of benzene rings is 1. The van der Waals surface area contributed by atoms with E-state index in [2.05, 4.69) is 27.2 Å². The molecule has 0 aliphatic carbocycles. The first kappa shape index (κ1) is 16.2. The second-order valence-corrected chi connectivity index (χ2v) is 4.67. The van der Waals surface area contributed by atoms with Crippen molar-refractivity contribution in [1.82, 2.24) is 9.97 Å². The van der Waals surface area contributed by atoms with Gasteiger partial charge in [-0.1, -0.05) is 12.1 Å². The molecule has 2 N–H and O–H groups in total. The van der Waals surface area contributed by atoms with Crippen molar-refractivity contribution in [3.05, 3.63) is 52.9 Å². The van der Waals surface area contributed by atoms with Crippen LogP contribution in [0.25, 0.3) is 0 Å². The van der Waals surface area contributed by atoms with Gasteiger partial charge in [0, 0.05) is 6.54 Å². The Labute approximate surface area is 133 Å². The van der Waals surface area contributed by atoms with Gasteiger partial charge in [-0.25, -0.2) is 9.97 Å². The van der Waals surface area contributed by atoms with Crippen LogP contribution < -0.4 is 15.4 Å². The predicted molar refractivity (Wildman–Crippen MR) is 88.4 cm³/mol. The van der Waals surface area contributed by atoms with Crippen LogP contribution in [-0.4, -0.2) is 28.5 Å². The molecule has 0 unspecified atom stereocenters. The van der Waals surface area contributed by atoms with Gasteiger partial charge in [0.2, 0.25) is 11.6 Å². The molecule has 1 heterocycles. The smallest absolute Gasteiger partial charge is 0.353 e. The summed E-state index contributed by atoms with van der Waals surface area (Å²) < 4.78 is 5.26. The van der Waals surface area contributed by atoms with Crippen LogP contribution in [0.15, 0.2) is 37.2 Å². The minimum absolute atomic E-state index is 0.0838. The lowest BCUT2D eigenvalue weighted by atomic mass is 10.2. The Bertz CT molecular complexity index is 733. The number of hydrogen-bond acceptors (Lipinski definition) is 7. The molecule has 120 valence electrons. The molecule has 0 atom stereocenters. The van der Waals surface area contributed by atoms with E-state index < -0.39 is 4.92 Å². The van der Waals surface area contributed by atoms with Crippen molar-refractivity contribution in [2.24, 2.45) is 0 Å². The number of nitrogens with zero attached hydrogens (tertiary/aromatic N) is 3. The van der Waals surface area contributed by atoms with Crippen molar-refractivity contribution in [3.63, 3.8) is 0 Å². The topological polar surface area (TPSA) is 102 Å². The van der Waals surface area contributed by atoms with E-state index >= 15 is 0 Å². The van der Waals surface area contributed by atoms with Gasteiger partial charge in [-0.2, -0.15) is 0 Å². The van der Waals surface area contributed by atoms with E-state index in [-0.39, 0.29) is 17.3 Å². The number of anilines is 3. The summed E-state index contributed by atoms with van der Waals surface area (Å²) in [6.07, 6.45) is 2.84. The number of aryl methyl sites for hydroxylation is 1. The van der Waals surface area contributed by atoms with E-state index in [1.54, 1.807) is 12.1 Å². The first-order valence-electron chi connectivity index (χ1n) is 6.82. The molecule has 23 heavy (non-hydrogen) atoms. The van der Waals surface area contributed by atoms with Gasteiger partial charge in [-0.05, 0) is 24.6 Å². The summed E-state index contributed by atoms with van der Waals surface area (Å²) in [7, 11) is 1.53. The summed E-state index contributed by atoms with van der Waals surface area (Å²) in [4.78, 5) is 18.8. The summed E-state index contributed by atoms with van der Waals surface area (Å²) >= 11 is 0. The fourth-order valence-corrected chi connectivity index (χ4v) is 1.99. The lowest BCUT2D eigenvalue weighted by Crippen LogP contribution is -2.08. The molecule has 0 saturated heterocycles. The zero-order valence-electron chi connectivity index (χ0n) is 12.9.